The van der Waals surface area contributed by atoms with Crippen molar-refractivity contribution in [3.05, 3.63) is 35.3 Å². The van der Waals surface area contributed by atoms with Crippen LogP contribution in [0.3, 0.4) is 0 Å². The van der Waals surface area contributed by atoms with Gasteiger partial charge in [0.2, 0.25) is 5.75 Å². The molecule has 16 nitrogen and oxygen atoms in total. The number of fused-ring (bicyclic) bond motifs is 4. The number of aliphatic hydroxyl groups excluding tert-OH is 1. The lowest BCUT2D eigenvalue weighted by Crippen LogP contribution is -2.43. The van der Waals surface area contributed by atoms with Gasteiger partial charge in [-0.15, -0.1) is 11.6 Å². The normalized spacial score (nSPS) is 14.0. The molecule has 288 valence electrons. The van der Waals surface area contributed by atoms with E-state index in [0.717, 1.165) is 0 Å². The number of aryl methyl sites for hydroxylation is 1. The zero-order valence-corrected chi connectivity index (χ0v) is 31.9. The van der Waals surface area contributed by atoms with Crippen LogP contribution in [0.1, 0.15) is 48.6 Å². The van der Waals surface area contributed by atoms with E-state index in [2.05, 4.69) is 9.97 Å². The number of benzene rings is 2. The standard InChI is InChI=1S/C36H46ClN5O11/c1-20-38-29-27-22(18-37)19-42(33(44)23-15-21-16-25(47-6)31(48-7)32(49-8)28(21)39-23)24(27)17-26(30(29)51-20)52-35(46)41(11-13-50-14-12-43)10-9-40(5)34(45)53-36(2,3)4/h15-17,22,39,43H,9-14,18-19H2,1-8H3. The number of likely N-dealkylation sites (N-methyl/N-ethyl adjacent to an activating group) is 1. The van der Waals surface area contributed by atoms with Crippen LogP contribution in [0.15, 0.2) is 22.6 Å². The van der Waals surface area contributed by atoms with Crippen LogP contribution in [0.2, 0.25) is 0 Å². The molecule has 4 aromatic rings. The first kappa shape index (κ1) is 39.3. The van der Waals surface area contributed by atoms with Crippen LogP contribution < -0.4 is 23.8 Å². The zero-order chi connectivity index (χ0) is 38.6. The summed E-state index contributed by atoms with van der Waals surface area (Å²) in [5, 5.41) is 9.82. The van der Waals surface area contributed by atoms with Crippen molar-refractivity contribution in [1.82, 2.24) is 19.8 Å². The maximum Gasteiger partial charge on any atom is 0.415 e. The molecular formula is C36H46ClN5O11. The molecule has 0 saturated heterocycles. The van der Waals surface area contributed by atoms with Gasteiger partial charge in [-0.25, -0.2) is 14.6 Å². The molecule has 2 aromatic carbocycles. The number of carbonyl (C=O) groups is 3. The number of carbonyl (C=O) groups excluding carboxylic acids is 3. The Bertz CT molecular complexity index is 1970. The molecule has 2 aromatic heterocycles. The summed E-state index contributed by atoms with van der Waals surface area (Å²) >= 11 is 6.48. The number of hydrogen-bond acceptors (Lipinski definition) is 12. The van der Waals surface area contributed by atoms with Crippen molar-refractivity contribution < 1.29 is 52.3 Å². The highest BCUT2D eigenvalue weighted by Gasteiger charge is 2.38. The van der Waals surface area contributed by atoms with Crippen LogP contribution in [-0.2, 0) is 9.47 Å². The van der Waals surface area contributed by atoms with Crippen LogP contribution in [-0.4, -0.2) is 129 Å². The molecule has 3 amide bonds. The Morgan fingerprint density at radius 2 is 1.75 bits per heavy atom. The Morgan fingerprint density at radius 3 is 2.40 bits per heavy atom. The largest absolute Gasteiger partial charge is 0.493 e. The minimum Gasteiger partial charge on any atom is -0.493 e. The number of nitrogens with one attached hydrogen (secondary N) is 1. The third kappa shape index (κ3) is 8.34. The van der Waals surface area contributed by atoms with Gasteiger partial charge in [0.1, 0.15) is 16.8 Å². The van der Waals surface area contributed by atoms with E-state index in [1.807, 2.05) is 0 Å². The van der Waals surface area contributed by atoms with E-state index in [1.54, 1.807) is 57.8 Å². The highest BCUT2D eigenvalue weighted by atomic mass is 35.5. The summed E-state index contributed by atoms with van der Waals surface area (Å²) in [6, 6.07) is 5.02. The number of alkyl halides is 1. The highest BCUT2D eigenvalue weighted by Crippen LogP contribution is 2.47. The number of anilines is 1. The summed E-state index contributed by atoms with van der Waals surface area (Å²) in [5.41, 5.74) is 1.87. The molecule has 0 radical (unpaired) electrons. The van der Waals surface area contributed by atoms with E-state index in [-0.39, 0.29) is 80.7 Å². The number of H-pyrrole nitrogens is 1. The smallest absolute Gasteiger partial charge is 0.415 e. The molecule has 53 heavy (non-hydrogen) atoms. The first-order valence-corrected chi connectivity index (χ1v) is 17.5. The second kappa shape index (κ2) is 16.4. The molecule has 0 aliphatic carbocycles. The van der Waals surface area contributed by atoms with Gasteiger partial charge in [0, 0.05) is 69.0 Å². The van der Waals surface area contributed by atoms with Crippen molar-refractivity contribution in [2.45, 2.75) is 39.2 Å². The van der Waals surface area contributed by atoms with Crippen molar-refractivity contribution in [1.29, 1.82) is 0 Å². The number of rotatable bonds is 14. The molecule has 1 aliphatic heterocycles. The molecular weight excluding hydrogens is 714 g/mol. The fraction of sp³-hybridized carbons (Fsp3) is 0.500. The van der Waals surface area contributed by atoms with Crippen molar-refractivity contribution in [3.63, 3.8) is 0 Å². The molecule has 1 atom stereocenters. The van der Waals surface area contributed by atoms with Crippen molar-refractivity contribution in [3.8, 4) is 23.0 Å². The topological polar surface area (TPSA) is 178 Å². The van der Waals surface area contributed by atoms with Crippen LogP contribution in [0.5, 0.6) is 23.0 Å². The summed E-state index contributed by atoms with van der Waals surface area (Å²) in [5.74, 6) is 1.03. The Hall–Kier alpha value is -4.93. The summed E-state index contributed by atoms with van der Waals surface area (Å²) in [7, 11) is 6.07. The number of aliphatic hydroxyl groups is 1. The van der Waals surface area contributed by atoms with Crippen LogP contribution in [0.25, 0.3) is 22.0 Å². The fourth-order valence-electron chi connectivity index (χ4n) is 6.10. The molecule has 1 aliphatic rings. The molecule has 17 heteroatoms. The quantitative estimate of drug-likeness (QED) is 0.125. The SMILES string of the molecule is COc1cc2cc(C(=O)N3CC(CCl)c4c3cc(OC(=O)N(CCOCCO)CCN(C)C(=O)OC(C)(C)C)c3oc(C)nc43)[nH]c2c(OC)c1OC. The van der Waals surface area contributed by atoms with E-state index in [1.165, 1.54) is 31.1 Å². The van der Waals surface area contributed by atoms with Gasteiger partial charge in [-0.2, -0.15) is 0 Å². The second-order valence-electron chi connectivity index (χ2n) is 13.4. The predicted molar refractivity (Wildman–Crippen MR) is 196 cm³/mol. The van der Waals surface area contributed by atoms with Crippen LogP contribution >= 0.6 is 11.6 Å². The molecule has 2 N–H and O–H groups in total. The Balaban J connectivity index is 1.49. The van der Waals surface area contributed by atoms with Gasteiger partial charge in [0.15, 0.2) is 28.7 Å². The van der Waals surface area contributed by atoms with Crippen molar-refractivity contribution in [2.24, 2.45) is 0 Å². The first-order chi connectivity index (χ1) is 25.2. The number of amides is 3. The van der Waals surface area contributed by atoms with E-state index in [0.29, 0.717) is 50.8 Å². The zero-order valence-electron chi connectivity index (χ0n) is 31.2. The maximum absolute atomic E-state index is 14.3. The van der Waals surface area contributed by atoms with E-state index >= 15 is 0 Å². The van der Waals surface area contributed by atoms with Crippen LogP contribution in [0.4, 0.5) is 15.3 Å². The summed E-state index contributed by atoms with van der Waals surface area (Å²) in [6.07, 6.45) is -1.31. The van der Waals surface area contributed by atoms with Gasteiger partial charge in [0.05, 0.1) is 52.4 Å². The monoisotopic (exact) mass is 759 g/mol. The number of nitrogens with zero attached hydrogens (tertiary/aromatic N) is 4. The average molecular weight is 760 g/mol. The fourth-order valence-corrected chi connectivity index (χ4v) is 6.35. The predicted octanol–water partition coefficient (Wildman–Crippen LogP) is 5.30. The molecule has 0 fully saturated rings. The number of hydrogen-bond donors (Lipinski definition) is 2. The van der Waals surface area contributed by atoms with Gasteiger partial charge < -0.3 is 57.6 Å². The number of methoxy groups -OCH3 is 3. The van der Waals surface area contributed by atoms with Crippen molar-refractivity contribution >= 4 is 57.4 Å². The first-order valence-electron chi connectivity index (χ1n) is 17.0. The Kier molecular flexibility index (Phi) is 12.1. The number of oxazole rings is 1. The number of aromatic amines is 1. The highest BCUT2D eigenvalue weighted by molar-refractivity contribution is 6.19. The van der Waals surface area contributed by atoms with Gasteiger partial charge in [-0.1, -0.05) is 0 Å². The van der Waals surface area contributed by atoms with Gasteiger partial charge >= 0.3 is 12.2 Å². The Labute approximate surface area is 311 Å². The van der Waals surface area contributed by atoms with Gasteiger partial charge in [0.25, 0.3) is 5.91 Å². The molecule has 5 rings (SSSR count). The summed E-state index contributed by atoms with van der Waals surface area (Å²) in [4.78, 5) is 52.8. The number of ether oxygens (including phenoxy) is 6. The van der Waals surface area contributed by atoms with E-state index in [9.17, 15) is 14.4 Å². The summed E-state index contributed by atoms with van der Waals surface area (Å²) < 4.78 is 39.4. The van der Waals surface area contributed by atoms with E-state index in [4.69, 9.17) is 49.5 Å². The molecule has 0 bridgehead atoms. The summed E-state index contributed by atoms with van der Waals surface area (Å²) in [6.45, 7) is 7.46. The number of aromatic nitrogens is 2. The second-order valence-corrected chi connectivity index (χ2v) is 13.7. The van der Waals surface area contributed by atoms with Gasteiger partial charge in [-0.05, 0) is 32.9 Å². The minimum absolute atomic E-state index is 0.0342. The average Bonchev–Trinajstić information content (AvgIpc) is 3.83. The van der Waals surface area contributed by atoms with E-state index < -0.39 is 17.8 Å². The molecule has 0 spiro atoms. The maximum atomic E-state index is 14.3. The minimum atomic E-state index is -0.763. The van der Waals surface area contributed by atoms with Crippen LogP contribution in [0, 0.1) is 6.92 Å². The third-order valence-electron chi connectivity index (χ3n) is 8.55. The molecule has 0 saturated carbocycles. The lowest BCUT2D eigenvalue weighted by molar-refractivity contribution is 0.0273. The third-order valence-corrected chi connectivity index (χ3v) is 8.92. The lowest BCUT2D eigenvalue weighted by atomic mass is 10.0. The van der Waals surface area contributed by atoms with Gasteiger partial charge in [-0.3, -0.25) is 4.79 Å². The lowest BCUT2D eigenvalue weighted by Gasteiger charge is -2.27. The number of halogens is 1. The molecule has 3 heterocycles. The Morgan fingerprint density at radius 1 is 1.02 bits per heavy atom. The molecule has 1 unspecified atom stereocenters. The van der Waals surface area contributed by atoms with Crippen molar-refractivity contribution in [2.75, 3.05) is 85.2 Å².